The number of aryl methyl sites for hydroxylation is 2. The first kappa shape index (κ1) is 15.2. The summed E-state index contributed by atoms with van der Waals surface area (Å²) in [6.45, 7) is 3.90. The van der Waals surface area contributed by atoms with Gasteiger partial charge >= 0.3 is 0 Å². The van der Waals surface area contributed by atoms with Gasteiger partial charge in [0.25, 0.3) is 0 Å². The Morgan fingerprint density at radius 1 is 0.640 bits per heavy atom. The quantitative estimate of drug-likeness (QED) is 0.570. The van der Waals surface area contributed by atoms with Crippen LogP contribution in [0.15, 0.2) is 73.1 Å². The number of rotatable bonds is 4. The predicted molar refractivity (Wildman–Crippen MR) is 96.8 cm³/mol. The van der Waals surface area contributed by atoms with E-state index >= 15 is 0 Å². The van der Waals surface area contributed by atoms with Gasteiger partial charge in [-0.3, -0.25) is 4.94 Å². The molecule has 25 heavy (non-hydrogen) atoms. The maximum absolute atomic E-state index is 6.10. The van der Waals surface area contributed by atoms with Crippen LogP contribution in [-0.2, 0) is 0 Å². The van der Waals surface area contributed by atoms with E-state index in [2.05, 4.69) is 9.97 Å². The zero-order valence-corrected chi connectivity index (χ0v) is 14.1. The Labute approximate surface area is 146 Å². The Balaban J connectivity index is 1.75. The largest absolute Gasteiger partial charge is 0.279 e. The van der Waals surface area contributed by atoms with E-state index < -0.39 is 0 Å². The molecule has 0 fully saturated rings. The van der Waals surface area contributed by atoms with Crippen LogP contribution in [0.1, 0.15) is 11.4 Å². The molecule has 4 aromatic rings. The summed E-state index contributed by atoms with van der Waals surface area (Å²) >= 11 is 0. The van der Waals surface area contributed by atoms with Crippen molar-refractivity contribution in [1.82, 2.24) is 19.4 Å². The smallest absolute Gasteiger partial charge is 0.178 e. The highest BCUT2D eigenvalue weighted by Gasteiger charge is 2.14. The summed E-state index contributed by atoms with van der Waals surface area (Å²) in [6.07, 6.45) is 3.74. The third kappa shape index (κ3) is 3.04. The first-order valence-electron chi connectivity index (χ1n) is 8.12. The van der Waals surface area contributed by atoms with Crippen LogP contribution in [0.4, 0.5) is 0 Å². The van der Waals surface area contributed by atoms with Gasteiger partial charge in [-0.05, 0) is 13.8 Å². The van der Waals surface area contributed by atoms with Crippen molar-refractivity contribution < 1.29 is 4.94 Å². The number of aromatic nitrogens is 4. The highest BCUT2D eigenvalue weighted by atomic mass is 16.8. The van der Waals surface area contributed by atoms with Crippen molar-refractivity contribution in [3.63, 3.8) is 0 Å². The molecule has 2 heterocycles. The van der Waals surface area contributed by atoms with E-state index in [0.29, 0.717) is 0 Å². The van der Waals surface area contributed by atoms with Crippen molar-refractivity contribution in [2.45, 2.75) is 13.8 Å². The van der Waals surface area contributed by atoms with Crippen molar-refractivity contribution in [1.29, 1.82) is 0 Å². The van der Waals surface area contributed by atoms with E-state index in [9.17, 15) is 0 Å². The van der Waals surface area contributed by atoms with E-state index in [4.69, 9.17) is 4.94 Å². The number of benzene rings is 2. The lowest BCUT2D eigenvalue weighted by atomic mass is 10.2. The summed E-state index contributed by atoms with van der Waals surface area (Å²) in [7, 11) is 0. The van der Waals surface area contributed by atoms with Gasteiger partial charge in [-0.1, -0.05) is 60.7 Å². The van der Waals surface area contributed by atoms with E-state index in [1.807, 2.05) is 86.9 Å². The van der Waals surface area contributed by atoms with Gasteiger partial charge in [0.1, 0.15) is 0 Å². The zero-order valence-electron chi connectivity index (χ0n) is 14.1. The lowest BCUT2D eigenvalue weighted by Gasteiger charge is -2.11. The van der Waals surface area contributed by atoms with E-state index in [-0.39, 0.29) is 0 Å². The molecule has 2 aromatic carbocycles. The van der Waals surface area contributed by atoms with Crippen molar-refractivity contribution in [3.05, 3.63) is 84.4 Å². The molecule has 0 aliphatic rings. The van der Waals surface area contributed by atoms with Gasteiger partial charge in [0.15, 0.2) is 11.6 Å². The molecule has 0 amide bonds. The van der Waals surface area contributed by atoms with Gasteiger partial charge < -0.3 is 0 Å². The fourth-order valence-corrected chi connectivity index (χ4v) is 2.73. The van der Waals surface area contributed by atoms with Crippen LogP contribution in [0.25, 0.3) is 22.8 Å². The summed E-state index contributed by atoms with van der Waals surface area (Å²) in [5, 5.41) is 0. The number of hydrogen-bond donors (Lipinski definition) is 0. The van der Waals surface area contributed by atoms with Crippen molar-refractivity contribution in [2.24, 2.45) is 0 Å². The lowest BCUT2D eigenvalue weighted by molar-refractivity contribution is 0.0404. The molecule has 5 nitrogen and oxygen atoms in total. The van der Waals surface area contributed by atoms with Crippen molar-refractivity contribution in [3.8, 4) is 22.8 Å². The fraction of sp³-hybridized carbons (Fsp3) is 0.100. The summed E-state index contributed by atoms with van der Waals surface area (Å²) < 4.78 is 3.36. The molecule has 4 rings (SSSR count). The number of nitrogens with zero attached hydrogens (tertiary/aromatic N) is 4. The standard InChI is InChI=1S/C20H18N4O/c1-15-13-23(19(21-15)17-9-5-3-6-10-17)25-24-14-16(2)22-20(24)18-11-7-4-8-12-18/h3-14H,1-2H3. The second-order valence-corrected chi connectivity index (χ2v) is 5.88. The summed E-state index contributed by atoms with van der Waals surface area (Å²) in [5.41, 5.74) is 3.76. The number of imidazole rings is 2. The van der Waals surface area contributed by atoms with Gasteiger partial charge in [0, 0.05) is 11.1 Å². The van der Waals surface area contributed by atoms with Crippen molar-refractivity contribution in [2.75, 3.05) is 0 Å². The second kappa shape index (κ2) is 6.28. The summed E-state index contributed by atoms with van der Waals surface area (Å²) in [6, 6.07) is 20.0. The third-order valence-electron chi connectivity index (χ3n) is 3.83. The first-order valence-corrected chi connectivity index (χ1v) is 8.12. The van der Waals surface area contributed by atoms with E-state index in [1.54, 1.807) is 9.46 Å². The third-order valence-corrected chi connectivity index (χ3v) is 3.83. The average Bonchev–Trinajstić information content (AvgIpc) is 3.19. The van der Waals surface area contributed by atoms with Crippen LogP contribution in [0.2, 0.25) is 0 Å². The monoisotopic (exact) mass is 330 g/mol. The molecule has 0 N–H and O–H groups in total. The molecular weight excluding hydrogens is 312 g/mol. The predicted octanol–water partition coefficient (Wildman–Crippen LogP) is 3.92. The molecule has 0 atom stereocenters. The molecule has 0 saturated heterocycles. The highest BCUT2D eigenvalue weighted by Crippen LogP contribution is 2.20. The summed E-state index contributed by atoms with van der Waals surface area (Å²) in [4.78, 5) is 15.3. The Kier molecular flexibility index (Phi) is 3.82. The minimum atomic E-state index is 0.753. The molecule has 5 heteroatoms. The Morgan fingerprint density at radius 2 is 1.04 bits per heavy atom. The van der Waals surface area contributed by atoms with Crippen molar-refractivity contribution >= 4 is 0 Å². The van der Waals surface area contributed by atoms with Crippen LogP contribution < -0.4 is 4.94 Å². The Hall–Kier alpha value is -3.34. The minimum absolute atomic E-state index is 0.753. The van der Waals surface area contributed by atoms with Crippen LogP contribution in [-0.4, -0.2) is 19.4 Å². The lowest BCUT2D eigenvalue weighted by Crippen LogP contribution is -2.18. The second-order valence-electron chi connectivity index (χ2n) is 5.88. The Bertz CT molecular complexity index is 905. The molecular formula is C20H18N4O. The molecule has 2 aromatic heterocycles. The van der Waals surface area contributed by atoms with Gasteiger partial charge in [-0.25, -0.2) is 9.97 Å². The highest BCUT2D eigenvalue weighted by molar-refractivity contribution is 5.56. The maximum Gasteiger partial charge on any atom is 0.178 e. The SMILES string of the molecule is Cc1cn(On2cc(C)nc2-c2ccccc2)c(-c2ccccc2)n1. The minimum Gasteiger partial charge on any atom is -0.279 e. The molecule has 0 saturated carbocycles. The molecule has 0 aliphatic carbocycles. The zero-order chi connectivity index (χ0) is 17.2. The van der Waals surface area contributed by atoms with Gasteiger partial charge in [-0.15, -0.1) is 9.46 Å². The van der Waals surface area contributed by atoms with Gasteiger partial charge in [0.05, 0.1) is 23.8 Å². The normalized spacial score (nSPS) is 10.8. The molecule has 0 radical (unpaired) electrons. The van der Waals surface area contributed by atoms with E-state index in [0.717, 1.165) is 34.2 Å². The Morgan fingerprint density at radius 3 is 1.44 bits per heavy atom. The maximum atomic E-state index is 6.10. The van der Waals surface area contributed by atoms with E-state index in [1.165, 1.54) is 0 Å². The fourth-order valence-electron chi connectivity index (χ4n) is 2.73. The molecule has 0 bridgehead atoms. The molecule has 0 spiro atoms. The van der Waals surface area contributed by atoms with Crippen LogP contribution in [0.3, 0.4) is 0 Å². The van der Waals surface area contributed by atoms with Gasteiger partial charge in [-0.2, -0.15) is 0 Å². The molecule has 0 aliphatic heterocycles. The first-order chi connectivity index (χ1) is 12.2. The topological polar surface area (TPSA) is 44.9 Å². The summed E-state index contributed by atoms with van der Waals surface area (Å²) in [5.74, 6) is 1.51. The molecule has 0 unspecified atom stereocenters. The average molecular weight is 330 g/mol. The van der Waals surface area contributed by atoms with Crippen LogP contribution in [0.5, 0.6) is 0 Å². The van der Waals surface area contributed by atoms with Crippen LogP contribution >= 0.6 is 0 Å². The van der Waals surface area contributed by atoms with Crippen LogP contribution in [0, 0.1) is 13.8 Å². The number of hydrogen-bond acceptors (Lipinski definition) is 3. The molecule has 124 valence electrons. The van der Waals surface area contributed by atoms with Gasteiger partial charge in [0.2, 0.25) is 0 Å².